The number of hydrogen-bond donors (Lipinski definition) is 1. The Labute approximate surface area is 153 Å². The van der Waals surface area contributed by atoms with Gasteiger partial charge in [0, 0.05) is 32.2 Å². The van der Waals surface area contributed by atoms with Crippen molar-refractivity contribution in [3.8, 4) is 0 Å². The number of amides is 1. The molecule has 0 aromatic heterocycles. The maximum absolute atomic E-state index is 12.7. The zero-order valence-electron chi connectivity index (χ0n) is 16.2. The van der Waals surface area contributed by atoms with Crippen LogP contribution in [0.3, 0.4) is 0 Å². The van der Waals surface area contributed by atoms with Gasteiger partial charge >= 0.3 is 0 Å². The van der Waals surface area contributed by atoms with E-state index in [9.17, 15) is 4.79 Å². The first-order chi connectivity index (χ1) is 12.0. The van der Waals surface area contributed by atoms with Gasteiger partial charge in [-0.25, -0.2) is 0 Å². The molecule has 0 spiro atoms. The standard InChI is InChI=1S/C19H37N5O/c1-21-7-3-16(4-8-21)15-18(20)19(25)24-13-11-23(12-14-24)17-5-9-22(2)10-6-17/h16-18H,3-15,20H2,1-2H3/t18-/m1/s1. The molecule has 0 radical (unpaired) electrons. The van der Waals surface area contributed by atoms with E-state index >= 15 is 0 Å². The van der Waals surface area contributed by atoms with E-state index in [1.807, 2.05) is 4.90 Å². The summed E-state index contributed by atoms with van der Waals surface area (Å²) in [6.45, 7) is 8.42. The zero-order valence-corrected chi connectivity index (χ0v) is 16.2. The lowest BCUT2D eigenvalue weighted by molar-refractivity contribution is -0.135. The minimum Gasteiger partial charge on any atom is -0.339 e. The van der Waals surface area contributed by atoms with Gasteiger partial charge in [0.25, 0.3) is 0 Å². The average Bonchev–Trinajstić information content (AvgIpc) is 2.64. The molecule has 0 bridgehead atoms. The van der Waals surface area contributed by atoms with Gasteiger partial charge in [0.05, 0.1) is 6.04 Å². The highest BCUT2D eigenvalue weighted by Crippen LogP contribution is 2.22. The molecule has 144 valence electrons. The van der Waals surface area contributed by atoms with E-state index in [2.05, 4.69) is 28.8 Å². The summed E-state index contributed by atoms with van der Waals surface area (Å²) in [4.78, 5) is 22.1. The second kappa shape index (κ2) is 8.80. The summed E-state index contributed by atoms with van der Waals surface area (Å²) in [5, 5.41) is 0. The van der Waals surface area contributed by atoms with Crippen LogP contribution >= 0.6 is 0 Å². The largest absolute Gasteiger partial charge is 0.339 e. The number of likely N-dealkylation sites (tertiary alicyclic amines) is 2. The van der Waals surface area contributed by atoms with Crippen LogP contribution in [-0.2, 0) is 4.79 Å². The van der Waals surface area contributed by atoms with Gasteiger partial charge in [0.15, 0.2) is 0 Å². The fourth-order valence-corrected chi connectivity index (χ4v) is 4.66. The highest BCUT2D eigenvalue weighted by Gasteiger charge is 2.31. The molecule has 2 N–H and O–H groups in total. The third kappa shape index (κ3) is 5.16. The summed E-state index contributed by atoms with van der Waals surface area (Å²) >= 11 is 0. The fraction of sp³-hybridized carbons (Fsp3) is 0.947. The summed E-state index contributed by atoms with van der Waals surface area (Å²) in [6, 6.07) is 0.407. The summed E-state index contributed by atoms with van der Waals surface area (Å²) < 4.78 is 0. The molecule has 6 nitrogen and oxygen atoms in total. The van der Waals surface area contributed by atoms with Crippen molar-refractivity contribution in [2.75, 3.05) is 66.5 Å². The Hall–Kier alpha value is -0.690. The van der Waals surface area contributed by atoms with Gasteiger partial charge in [-0.3, -0.25) is 9.69 Å². The molecule has 3 fully saturated rings. The van der Waals surface area contributed by atoms with Crippen molar-refractivity contribution in [2.45, 2.75) is 44.2 Å². The third-order valence-electron chi connectivity index (χ3n) is 6.57. The van der Waals surface area contributed by atoms with Gasteiger partial charge in [-0.2, -0.15) is 0 Å². The third-order valence-corrected chi connectivity index (χ3v) is 6.57. The van der Waals surface area contributed by atoms with Crippen molar-refractivity contribution in [3.63, 3.8) is 0 Å². The number of carbonyl (C=O) groups excluding carboxylic acids is 1. The van der Waals surface area contributed by atoms with Crippen LogP contribution in [0.1, 0.15) is 32.1 Å². The number of rotatable bonds is 4. The van der Waals surface area contributed by atoms with Crippen LogP contribution < -0.4 is 5.73 Å². The molecule has 0 unspecified atom stereocenters. The average molecular weight is 352 g/mol. The molecular formula is C19H37N5O. The molecule has 0 aromatic rings. The minimum absolute atomic E-state index is 0.182. The van der Waals surface area contributed by atoms with E-state index in [1.165, 1.54) is 38.8 Å². The summed E-state index contributed by atoms with van der Waals surface area (Å²) in [5.41, 5.74) is 6.28. The Kier molecular flexibility index (Phi) is 6.72. The Morgan fingerprint density at radius 1 is 0.880 bits per heavy atom. The smallest absolute Gasteiger partial charge is 0.239 e. The Bertz CT molecular complexity index is 422. The Balaban J connectivity index is 1.40. The molecule has 25 heavy (non-hydrogen) atoms. The molecule has 3 rings (SSSR count). The van der Waals surface area contributed by atoms with Gasteiger partial charge < -0.3 is 20.4 Å². The van der Waals surface area contributed by atoms with Crippen molar-refractivity contribution in [3.05, 3.63) is 0 Å². The fourth-order valence-electron chi connectivity index (χ4n) is 4.66. The van der Waals surface area contributed by atoms with E-state index in [0.717, 1.165) is 45.7 Å². The highest BCUT2D eigenvalue weighted by molar-refractivity contribution is 5.81. The molecular weight excluding hydrogens is 314 g/mol. The van der Waals surface area contributed by atoms with Gasteiger partial charge in [-0.15, -0.1) is 0 Å². The normalized spacial score (nSPS) is 27.6. The molecule has 3 heterocycles. The number of nitrogens with zero attached hydrogens (tertiary/aromatic N) is 4. The Morgan fingerprint density at radius 3 is 1.96 bits per heavy atom. The number of carbonyl (C=O) groups is 1. The first-order valence-corrected chi connectivity index (χ1v) is 10.2. The molecule has 3 aliphatic rings. The van der Waals surface area contributed by atoms with Crippen LogP contribution in [0.15, 0.2) is 0 Å². The summed E-state index contributed by atoms with van der Waals surface area (Å²) in [5.74, 6) is 0.803. The van der Waals surface area contributed by atoms with E-state index < -0.39 is 0 Å². The van der Waals surface area contributed by atoms with Crippen LogP contribution in [0, 0.1) is 5.92 Å². The molecule has 0 aliphatic carbocycles. The molecule has 1 amide bonds. The maximum atomic E-state index is 12.7. The van der Waals surface area contributed by atoms with E-state index in [-0.39, 0.29) is 11.9 Å². The summed E-state index contributed by atoms with van der Waals surface area (Å²) in [7, 11) is 4.38. The first-order valence-electron chi connectivity index (χ1n) is 10.2. The van der Waals surface area contributed by atoms with Gasteiger partial charge in [0.1, 0.15) is 0 Å². The Morgan fingerprint density at radius 2 is 1.40 bits per heavy atom. The molecule has 1 atom stereocenters. The lowest BCUT2D eigenvalue weighted by atomic mass is 9.90. The lowest BCUT2D eigenvalue weighted by Gasteiger charge is -2.42. The number of piperazine rings is 1. The predicted molar refractivity (Wildman–Crippen MR) is 101 cm³/mol. The second-order valence-corrected chi connectivity index (χ2v) is 8.48. The topological polar surface area (TPSA) is 56.1 Å². The van der Waals surface area contributed by atoms with Crippen LogP contribution in [0.4, 0.5) is 0 Å². The van der Waals surface area contributed by atoms with Gasteiger partial charge in [-0.05, 0) is 78.3 Å². The van der Waals surface area contributed by atoms with Crippen molar-refractivity contribution in [1.29, 1.82) is 0 Å². The zero-order chi connectivity index (χ0) is 17.8. The van der Waals surface area contributed by atoms with E-state index in [1.54, 1.807) is 0 Å². The van der Waals surface area contributed by atoms with E-state index in [0.29, 0.717) is 12.0 Å². The second-order valence-electron chi connectivity index (χ2n) is 8.48. The SMILES string of the molecule is CN1CCC(C[C@@H](N)C(=O)N2CCN(C3CCN(C)CC3)CC2)CC1. The minimum atomic E-state index is -0.303. The van der Waals surface area contributed by atoms with Gasteiger partial charge in [0.2, 0.25) is 5.91 Å². The van der Waals surface area contributed by atoms with Gasteiger partial charge in [-0.1, -0.05) is 0 Å². The monoisotopic (exact) mass is 351 g/mol. The number of hydrogen-bond acceptors (Lipinski definition) is 5. The maximum Gasteiger partial charge on any atom is 0.239 e. The molecule has 0 aromatic carbocycles. The molecule has 3 aliphatic heterocycles. The van der Waals surface area contributed by atoms with E-state index in [4.69, 9.17) is 5.73 Å². The first kappa shape index (κ1) is 19.1. The lowest BCUT2D eigenvalue weighted by Crippen LogP contribution is -2.56. The summed E-state index contributed by atoms with van der Waals surface area (Å²) in [6.07, 6.45) is 5.75. The van der Waals surface area contributed by atoms with Crippen LogP contribution in [0.5, 0.6) is 0 Å². The predicted octanol–water partition coefficient (Wildman–Crippen LogP) is 0.284. The van der Waals surface area contributed by atoms with Crippen LogP contribution in [0.25, 0.3) is 0 Å². The molecule has 3 saturated heterocycles. The molecule has 0 saturated carbocycles. The highest BCUT2D eigenvalue weighted by atomic mass is 16.2. The van der Waals surface area contributed by atoms with Crippen molar-refractivity contribution in [1.82, 2.24) is 19.6 Å². The molecule has 6 heteroatoms. The van der Waals surface area contributed by atoms with Crippen molar-refractivity contribution in [2.24, 2.45) is 11.7 Å². The number of piperidine rings is 2. The van der Waals surface area contributed by atoms with Crippen LogP contribution in [-0.4, -0.2) is 104 Å². The van der Waals surface area contributed by atoms with Crippen LogP contribution in [0.2, 0.25) is 0 Å². The van der Waals surface area contributed by atoms with Crippen molar-refractivity contribution >= 4 is 5.91 Å². The quantitative estimate of drug-likeness (QED) is 0.789. The number of nitrogens with two attached hydrogens (primary N) is 1. The van der Waals surface area contributed by atoms with Crippen molar-refractivity contribution < 1.29 is 4.79 Å².